The van der Waals surface area contributed by atoms with Crippen LogP contribution >= 0.6 is 15.9 Å². The van der Waals surface area contributed by atoms with Crippen molar-refractivity contribution < 1.29 is 4.74 Å². The molecule has 0 unspecified atom stereocenters. The first-order chi connectivity index (χ1) is 8.78. The molecule has 0 aliphatic heterocycles. The van der Waals surface area contributed by atoms with Gasteiger partial charge >= 0.3 is 0 Å². The van der Waals surface area contributed by atoms with Crippen molar-refractivity contribution in [3.05, 3.63) is 28.2 Å². The van der Waals surface area contributed by atoms with Crippen LogP contribution in [0, 0.1) is 5.92 Å². The van der Waals surface area contributed by atoms with Crippen molar-refractivity contribution in [3.8, 4) is 5.75 Å². The van der Waals surface area contributed by atoms with Gasteiger partial charge in [-0.3, -0.25) is 0 Å². The summed E-state index contributed by atoms with van der Waals surface area (Å²) in [5.74, 6) is 1.78. The molecule has 0 radical (unpaired) electrons. The van der Waals surface area contributed by atoms with Gasteiger partial charge in [-0.2, -0.15) is 0 Å². The van der Waals surface area contributed by atoms with Gasteiger partial charge < -0.3 is 10.5 Å². The van der Waals surface area contributed by atoms with Crippen LogP contribution in [-0.4, -0.2) is 13.2 Å². The number of nitrogens with two attached hydrogens (primary N) is 1. The number of unbranched alkanes of at least 4 members (excludes halogenated alkanes) is 1. The Bertz CT molecular complexity index is 377. The molecule has 1 aliphatic carbocycles. The first kappa shape index (κ1) is 13.9. The second kappa shape index (κ2) is 7.15. The second-order valence-electron chi connectivity index (χ2n) is 5.15. The molecule has 0 spiro atoms. The summed E-state index contributed by atoms with van der Waals surface area (Å²) in [4.78, 5) is 0. The van der Waals surface area contributed by atoms with Crippen molar-refractivity contribution >= 4 is 15.9 Å². The van der Waals surface area contributed by atoms with Crippen LogP contribution in [0.15, 0.2) is 22.7 Å². The summed E-state index contributed by atoms with van der Waals surface area (Å²) < 4.78 is 6.99. The maximum atomic E-state index is 5.88. The smallest absolute Gasteiger partial charge is 0.120 e. The van der Waals surface area contributed by atoms with Gasteiger partial charge in [0.1, 0.15) is 5.75 Å². The van der Waals surface area contributed by atoms with Crippen LogP contribution in [0.2, 0.25) is 0 Å². The molecule has 2 nitrogen and oxygen atoms in total. The summed E-state index contributed by atoms with van der Waals surface area (Å²) in [5.41, 5.74) is 6.86. The van der Waals surface area contributed by atoms with E-state index in [1.807, 2.05) is 0 Å². The highest BCUT2D eigenvalue weighted by molar-refractivity contribution is 9.10. The normalized spacial score (nSPS) is 15.4. The predicted octanol–water partition coefficient (Wildman–Crippen LogP) is 3.91. The van der Waals surface area contributed by atoms with Crippen LogP contribution in [0.4, 0.5) is 0 Å². The Morgan fingerprint density at radius 1 is 1.22 bits per heavy atom. The topological polar surface area (TPSA) is 35.2 Å². The van der Waals surface area contributed by atoms with E-state index in [9.17, 15) is 0 Å². The molecule has 1 aromatic rings. The Kier molecular flexibility index (Phi) is 5.51. The number of ether oxygens (including phenoxy) is 1. The summed E-state index contributed by atoms with van der Waals surface area (Å²) in [6, 6.07) is 6.40. The molecule has 0 amide bonds. The summed E-state index contributed by atoms with van der Waals surface area (Å²) in [5, 5.41) is 0. The van der Waals surface area contributed by atoms with Crippen LogP contribution in [0.25, 0.3) is 0 Å². The molecule has 0 saturated heterocycles. The minimum Gasteiger partial charge on any atom is -0.493 e. The standard InChI is InChI=1S/C15H22BrNO/c16-14-8-13(4-1-2-7-17)9-15(10-14)18-11-12-5-3-6-12/h8-10,12H,1-7,11,17H2. The second-order valence-corrected chi connectivity index (χ2v) is 6.06. The largest absolute Gasteiger partial charge is 0.493 e. The lowest BCUT2D eigenvalue weighted by Gasteiger charge is -2.25. The van der Waals surface area contributed by atoms with Crippen LogP contribution in [0.1, 0.15) is 37.7 Å². The quantitative estimate of drug-likeness (QED) is 0.775. The van der Waals surface area contributed by atoms with Gasteiger partial charge in [-0.1, -0.05) is 22.4 Å². The minimum atomic E-state index is 0.777. The maximum absolute atomic E-state index is 5.88. The van der Waals surface area contributed by atoms with E-state index in [0.29, 0.717) is 0 Å². The van der Waals surface area contributed by atoms with Crippen molar-refractivity contribution in [2.75, 3.05) is 13.2 Å². The van der Waals surface area contributed by atoms with Crippen molar-refractivity contribution in [2.24, 2.45) is 11.7 Å². The van der Waals surface area contributed by atoms with Crippen molar-refractivity contribution in [2.45, 2.75) is 38.5 Å². The van der Waals surface area contributed by atoms with Crippen molar-refractivity contribution in [3.63, 3.8) is 0 Å². The van der Waals surface area contributed by atoms with E-state index in [1.165, 1.54) is 24.8 Å². The highest BCUT2D eigenvalue weighted by atomic mass is 79.9. The Labute approximate surface area is 118 Å². The molecule has 2 rings (SSSR count). The molecule has 100 valence electrons. The number of rotatable bonds is 7. The number of aryl methyl sites for hydroxylation is 1. The van der Waals surface area contributed by atoms with Gasteiger partial charge in [-0.25, -0.2) is 0 Å². The van der Waals surface area contributed by atoms with Gasteiger partial charge in [0.15, 0.2) is 0 Å². The first-order valence-electron chi connectivity index (χ1n) is 6.90. The lowest BCUT2D eigenvalue weighted by Crippen LogP contribution is -2.19. The van der Waals surface area contributed by atoms with Crippen LogP contribution < -0.4 is 10.5 Å². The van der Waals surface area contributed by atoms with Crippen LogP contribution in [0.5, 0.6) is 5.75 Å². The van der Waals surface area contributed by atoms with Crippen LogP contribution in [-0.2, 0) is 6.42 Å². The van der Waals surface area contributed by atoms with E-state index in [-0.39, 0.29) is 0 Å². The first-order valence-corrected chi connectivity index (χ1v) is 7.69. The number of halogens is 1. The lowest BCUT2D eigenvalue weighted by molar-refractivity contribution is 0.180. The van der Waals surface area contributed by atoms with E-state index in [0.717, 1.165) is 48.6 Å². The third-order valence-electron chi connectivity index (χ3n) is 3.56. The average molecular weight is 312 g/mol. The number of benzene rings is 1. The number of hydrogen-bond acceptors (Lipinski definition) is 2. The van der Waals surface area contributed by atoms with Gasteiger partial charge in [-0.15, -0.1) is 0 Å². The Balaban J connectivity index is 1.87. The van der Waals surface area contributed by atoms with E-state index in [1.54, 1.807) is 0 Å². The molecule has 1 aliphatic rings. The molecule has 0 bridgehead atoms. The minimum absolute atomic E-state index is 0.777. The van der Waals surface area contributed by atoms with E-state index >= 15 is 0 Å². The summed E-state index contributed by atoms with van der Waals surface area (Å²) in [6.45, 7) is 1.65. The molecule has 1 saturated carbocycles. The Hall–Kier alpha value is -0.540. The third-order valence-corrected chi connectivity index (χ3v) is 4.02. The van der Waals surface area contributed by atoms with Gasteiger partial charge in [0.25, 0.3) is 0 Å². The van der Waals surface area contributed by atoms with Gasteiger partial charge in [-0.05, 0) is 68.3 Å². The highest BCUT2D eigenvalue weighted by Gasteiger charge is 2.17. The summed E-state index contributed by atoms with van der Waals surface area (Å²) >= 11 is 3.56. The van der Waals surface area contributed by atoms with Crippen LogP contribution in [0.3, 0.4) is 0 Å². The Morgan fingerprint density at radius 2 is 2.06 bits per heavy atom. The van der Waals surface area contributed by atoms with Crippen molar-refractivity contribution in [1.82, 2.24) is 0 Å². The van der Waals surface area contributed by atoms with E-state index in [4.69, 9.17) is 10.5 Å². The highest BCUT2D eigenvalue weighted by Crippen LogP contribution is 2.28. The molecular weight excluding hydrogens is 290 g/mol. The molecule has 1 fully saturated rings. The fourth-order valence-corrected chi connectivity index (χ4v) is 2.72. The Morgan fingerprint density at radius 3 is 2.72 bits per heavy atom. The molecule has 0 atom stereocenters. The monoisotopic (exact) mass is 311 g/mol. The SMILES string of the molecule is NCCCCc1cc(Br)cc(OCC2CCC2)c1. The molecule has 3 heteroatoms. The zero-order chi connectivity index (χ0) is 12.8. The lowest BCUT2D eigenvalue weighted by atomic mass is 9.86. The zero-order valence-electron chi connectivity index (χ0n) is 10.8. The zero-order valence-corrected chi connectivity index (χ0v) is 12.4. The maximum Gasteiger partial charge on any atom is 0.120 e. The third kappa shape index (κ3) is 4.29. The molecular formula is C15H22BrNO. The van der Waals surface area contributed by atoms with Gasteiger partial charge in [0.2, 0.25) is 0 Å². The molecule has 0 heterocycles. The summed E-state index contributed by atoms with van der Waals surface area (Å²) in [6.07, 6.45) is 7.35. The van der Waals surface area contributed by atoms with E-state index < -0.39 is 0 Å². The fourth-order valence-electron chi connectivity index (χ4n) is 2.20. The fraction of sp³-hybridized carbons (Fsp3) is 0.600. The molecule has 1 aromatic carbocycles. The van der Waals surface area contributed by atoms with Gasteiger partial charge in [0, 0.05) is 4.47 Å². The average Bonchev–Trinajstić information content (AvgIpc) is 2.26. The van der Waals surface area contributed by atoms with Gasteiger partial charge in [0.05, 0.1) is 6.61 Å². The molecule has 2 N–H and O–H groups in total. The predicted molar refractivity (Wildman–Crippen MR) is 79.0 cm³/mol. The molecule has 0 aromatic heterocycles. The number of hydrogen-bond donors (Lipinski definition) is 1. The van der Waals surface area contributed by atoms with E-state index in [2.05, 4.69) is 34.1 Å². The molecule has 18 heavy (non-hydrogen) atoms. The summed E-state index contributed by atoms with van der Waals surface area (Å²) in [7, 11) is 0. The van der Waals surface area contributed by atoms with Crippen molar-refractivity contribution in [1.29, 1.82) is 0 Å².